The molecule has 2 rings (SSSR count). The molecule has 0 saturated heterocycles. The molecule has 7 nitrogen and oxygen atoms in total. The average Bonchev–Trinajstić information content (AvgIpc) is 3.23. The maximum Gasteiger partial charge on any atom is 0.191 e. The molecule has 1 saturated carbocycles. The second-order valence-electron chi connectivity index (χ2n) is 5.50. The van der Waals surface area contributed by atoms with Crippen LogP contribution in [0.1, 0.15) is 32.5 Å². The standard InChI is InChI=1S/C15H28N6O/c1-3-14-20-19-12-21(14)9-7-17-15(16-4-2)18-8-10-22-11-13-5-6-13/h12-13H,3-11H2,1-2H3,(H2,16,17,18). The summed E-state index contributed by atoms with van der Waals surface area (Å²) in [5, 5.41) is 14.6. The SMILES string of the molecule is CCNC(=NCCOCC1CC1)NCCn1cnnc1CC. The molecule has 1 aliphatic rings. The molecule has 22 heavy (non-hydrogen) atoms. The van der Waals surface area contributed by atoms with Crippen molar-refractivity contribution in [3.63, 3.8) is 0 Å². The highest BCUT2D eigenvalue weighted by Gasteiger charge is 2.20. The third kappa shape index (κ3) is 6.01. The van der Waals surface area contributed by atoms with Gasteiger partial charge in [0.25, 0.3) is 0 Å². The van der Waals surface area contributed by atoms with Gasteiger partial charge in [0.05, 0.1) is 13.2 Å². The molecule has 124 valence electrons. The van der Waals surface area contributed by atoms with E-state index in [0.29, 0.717) is 13.2 Å². The van der Waals surface area contributed by atoms with Crippen molar-refractivity contribution in [2.45, 2.75) is 39.7 Å². The van der Waals surface area contributed by atoms with Crippen molar-refractivity contribution in [1.82, 2.24) is 25.4 Å². The van der Waals surface area contributed by atoms with Crippen LogP contribution in [0.15, 0.2) is 11.3 Å². The number of nitrogens with zero attached hydrogens (tertiary/aromatic N) is 4. The Kier molecular flexibility index (Phi) is 7.15. The molecule has 0 spiro atoms. The summed E-state index contributed by atoms with van der Waals surface area (Å²) in [5.74, 6) is 2.66. The molecular formula is C15H28N6O. The zero-order valence-corrected chi connectivity index (χ0v) is 13.7. The van der Waals surface area contributed by atoms with Crippen molar-refractivity contribution in [3.8, 4) is 0 Å². The monoisotopic (exact) mass is 308 g/mol. The van der Waals surface area contributed by atoms with Crippen molar-refractivity contribution >= 4 is 5.96 Å². The highest BCUT2D eigenvalue weighted by Crippen LogP contribution is 2.28. The predicted molar refractivity (Wildman–Crippen MR) is 86.9 cm³/mol. The second-order valence-corrected chi connectivity index (χ2v) is 5.50. The van der Waals surface area contributed by atoms with Crippen LogP contribution in [0.4, 0.5) is 0 Å². The maximum atomic E-state index is 5.60. The summed E-state index contributed by atoms with van der Waals surface area (Å²) in [6, 6.07) is 0. The molecule has 0 unspecified atom stereocenters. The molecular weight excluding hydrogens is 280 g/mol. The molecule has 0 bridgehead atoms. The molecule has 1 aromatic heterocycles. The summed E-state index contributed by atoms with van der Waals surface area (Å²) >= 11 is 0. The number of rotatable bonds is 10. The van der Waals surface area contributed by atoms with E-state index in [1.54, 1.807) is 6.33 Å². The summed E-state index contributed by atoms with van der Waals surface area (Å²) in [4.78, 5) is 4.52. The molecule has 2 N–H and O–H groups in total. The molecule has 1 aromatic rings. The molecule has 1 aliphatic carbocycles. The normalized spacial score (nSPS) is 15.1. The molecule has 0 amide bonds. The minimum atomic E-state index is 0.689. The number of aromatic nitrogens is 3. The Hall–Kier alpha value is -1.63. The van der Waals surface area contributed by atoms with Crippen LogP contribution >= 0.6 is 0 Å². The van der Waals surface area contributed by atoms with Crippen molar-refractivity contribution in [2.24, 2.45) is 10.9 Å². The Balaban J connectivity index is 1.65. The number of aryl methyl sites for hydroxylation is 1. The van der Waals surface area contributed by atoms with E-state index in [2.05, 4.69) is 44.2 Å². The van der Waals surface area contributed by atoms with Crippen molar-refractivity contribution in [3.05, 3.63) is 12.2 Å². The minimum Gasteiger partial charge on any atom is -0.379 e. The van der Waals surface area contributed by atoms with Gasteiger partial charge in [0.15, 0.2) is 5.96 Å². The van der Waals surface area contributed by atoms with Gasteiger partial charge in [-0.2, -0.15) is 0 Å². The molecule has 1 fully saturated rings. The molecule has 0 atom stereocenters. The summed E-state index contributed by atoms with van der Waals surface area (Å²) < 4.78 is 7.66. The van der Waals surface area contributed by atoms with Gasteiger partial charge < -0.3 is 19.9 Å². The lowest BCUT2D eigenvalue weighted by Gasteiger charge is -2.12. The zero-order valence-electron chi connectivity index (χ0n) is 13.7. The molecule has 7 heteroatoms. The number of hydrogen-bond acceptors (Lipinski definition) is 4. The Morgan fingerprint density at radius 3 is 3.00 bits per heavy atom. The van der Waals surface area contributed by atoms with Crippen molar-refractivity contribution in [1.29, 1.82) is 0 Å². The van der Waals surface area contributed by atoms with E-state index in [1.807, 2.05) is 0 Å². The van der Waals surface area contributed by atoms with Crippen LogP contribution in [0.2, 0.25) is 0 Å². The topological polar surface area (TPSA) is 76.4 Å². The smallest absolute Gasteiger partial charge is 0.191 e. The van der Waals surface area contributed by atoms with Crippen LogP contribution in [0, 0.1) is 5.92 Å². The average molecular weight is 308 g/mol. The third-order valence-electron chi connectivity index (χ3n) is 3.56. The van der Waals surface area contributed by atoms with E-state index in [1.165, 1.54) is 12.8 Å². The van der Waals surface area contributed by atoms with Gasteiger partial charge in [-0.15, -0.1) is 10.2 Å². The quantitative estimate of drug-likeness (QED) is 0.380. The third-order valence-corrected chi connectivity index (χ3v) is 3.56. The largest absolute Gasteiger partial charge is 0.379 e. The van der Waals surface area contributed by atoms with Crippen LogP contribution in [0.25, 0.3) is 0 Å². The van der Waals surface area contributed by atoms with Gasteiger partial charge in [0.1, 0.15) is 12.2 Å². The van der Waals surface area contributed by atoms with E-state index in [4.69, 9.17) is 4.74 Å². The zero-order chi connectivity index (χ0) is 15.6. The van der Waals surface area contributed by atoms with Crippen LogP contribution in [0.5, 0.6) is 0 Å². The Labute approximate surface area is 132 Å². The van der Waals surface area contributed by atoms with Gasteiger partial charge in [-0.1, -0.05) is 6.92 Å². The minimum absolute atomic E-state index is 0.689. The number of guanidine groups is 1. The second kappa shape index (κ2) is 9.40. The molecule has 0 aromatic carbocycles. The lowest BCUT2D eigenvalue weighted by molar-refractivity contribution is 0.131. The number of aliphatic imine (C=N–C) groups is 1. The van der Waals surface area contributed by atoms with Crippen molar-refractivity contribution < 1.29 is 4.74 Å². The summed E-state index contributed by atoms with van der Waals surface area (Å²) in [6.45, 7) is 8.90. The molecule has 0 radical (unpaired) electrons. The first-order valence-corrected chi connectivity index (χ1v) is 8.30. The predicted octanol–water partition coefficient (Wildman–Crippen LogP) is 0.822. The van der Waals surface area contributed by atoms with Gasteiger partial charge in [-0.3, -0.25) is 4.99 Å². The molecule has 1 heterocycles. The van der Waals surface area contributed by atoms with Gasteiger partial charge in [0.2, 0.25) is 0 Å². The summed E-state index contributed by atoms with van der Waals surface area (Å²) in [6.07, 6.45) is 5.33. The van der Waals surface area contributed by atoms with Gasteiger partial charge in [0, 0.05) is 32.7 Å². The summed E-state index contributed by atoms with van der Waals surface area (Å²) in [7, 11) is 0. The first-order chi connectivity index (χ1) is 10.8. The number of ether oxygens (including phenoxy) is 1. The fourth-order valence-electron chi connectivity index (χ4n) is 2.13. The number of hydrogen-bond donors (Lipinski definition) is 2. The fraction of sp³-hybridized carbons (Fsp3) is 0.800. The van der Waals surface area contributed by atoms with E-state index in [9.17, 15) is 0 Å². The van der Waals surface area contributed by atoms with Crippen molar-refractivity contribution in [2.75, 3.05) is 32.8 Å². The van der Waals surface area contributed by atoms with E-state index in [0.717, 1.165) is 50.4 Å². The first kappa shape index (κ1) is 16.7. The van der Waals surface area contributed by atoms with Gasteiger partial charge in [-0.25, -0.2) is 0 Å². The first-order valence-electron chi connectivity index (χ1n) is 8.30. The van der Waals surface area contributed by atoms with E-state index >= 15 is 0 Å². The van der Waals surface area contributed by atoms with Crippen LogP contribution in [-0.2, 0) is 17.7 Å². The maximum absolute atomic E-state index is 5.60. The van der Waals surface area contributed by atoms with Crippen LogP contribution in [-0.4, -0.2) is 53.6 Å². The van der Waals surface area contributed by atoms with E-state index < -0.39 is 0 Å². The lowest BCUT2D eigenvalue weighted by atomic mass is 10.4. The van der Waals surface area contributed by atoms with Gasteiger partial charge in [-0.05, 0) is 25.7 Å². The highest BCUT2D eigenvalue weighted by molar-refractivity contribution is 5.79. The van der Waals surface area contributed by atoms with E-state index in [-0.39, 0.29) is 0 Å². The Morgan fingerprint density at radius 1 is 1.41 bits per heavy atom. The fourth-order valence-corrected chi connectivity index (χ4v) is 2.13. The Morgan fingerprint density at radius 2 is 2.27 bits per heavy atom. The van der Waals surface area contributed by atoms with Crippen LogP contribution < -0.4 is 10.6 Å². The van der Waals surface area contributed by atoms with Crippen LogP contribution in [0.3, 0.4) is 0 Å². The summed E-state index contributed by atoms with van der Waals surface area (Å²) in [5.41, 5.74) is 0. The highest BCUT2D eigenvalue weighted by atomic mass is 16.5. The number of nitrogens with one attached hydrogen (secondary N) is 2. The lowest BCUT2D eigenvalue weighted by Crippen LogP contribution is -2.39. The molecule has 0 aliphatic heterocycles. The Bertz CT molecular complexity index is 455. The van der Waals surface area contributed by atoms with Gasteiger partial charge >= 0.3 is 0 Å².